The molecule has 3 aromatic rings. The molecule has 1 aromatic carbocycles. The van der Waals surface area contributed by atoms with Crippen LogP contribution < -0.4 is 11.2 Å². The van der Waals surface area contributed by atoms with Crippen LogP contribution in [0.25, 0.3) is 16.7 Å². The zero-order valence-corrected chi connectivity index (χ0v) is 9.64. The highest BCUT2D eigenvalue weighted by Gasteiger charge is 2.04. The van der Waals surface area contributed by atoms with E-state index in [-0.39, 0.29) is 11.2 Å². The number of H-pyrrole nitrogens is 1. The Morgan fingerprint density at radius 2 is 1.94 bits per heavy atom. The largest absolute Gasteiger partial charge is 0.423 e. The molecule has 0 aliphatic carbocycles. The van der Waals surface area contributed by atoms with Gasteiger partial charge in [-0.1, -0.05) is 0 Å². The van der Waals surface area contributed by atoms with Gasteiger partial charge in [0.15, 0.2) is 0 Å². The first-order valence-electron chi connectivity index (χ1n) is 5.46. The van der Waals surface area contributed by atoms with Crippen molar-refractivity contribution in [3.63, 3.8) is 0 Å². The molecule has 5 nitrogen and oxygen atoms in total. The monoisotopic (exact) mass is 242 g/mol. The summed E-state index contributed by atoms with van der Waals surface area (Å²) in [7, 11) is 0. The molecule has 0 aliphatic rings. The lowest BCUT2D eigenvalue weighted by Crippen LogP contribution is -2.13. The van der Waals surface area contributed by atoms with Crippen molar-refractivity contribution in [3.8, 4) is 5.69 Å². The fourth-order valence-corrected chi connectivity index (χ4v) is 1.90. The first-order chi connectivity index (χ1) is 8.63. The Kier molecular flexibility index (Phi) is 2.19. The average Bonchev–Trinajstić information content (AvgIpc) is 2.68. The Morgan fingerprint density at radius 1 is 1.11 bits per heavy atom. The molecular weight excluding hydrogens is 232 g/mol. The molecule has 5 heteroatoms. The summed E-state index contributed by atoms with van der Waals surface area (Å²) >= 11 is 0. The van der Waals surface area contributed by atoms with Gasteiger partial charge in [-0.3, -0.25) is 9.89 Å². The molecule has 1 N–H and O–H groups in total. The van der Waals surface area contributed by atoms with E-state index in [1.807, 2.05) is 6.92 Å². The van der Waals surface area contributed by atoms with Crippen LogP contribution in [0.4, 0.5) is 0 Å². The molecule has 0 radical (unpaired) electrons. The Labute approximate surface area is 101 Å². The minimum absolute atomic E-state index is 0.121. The summed E-state index contributed by atoms with van der Waals surface area (Å²) in [6.45, 7) is 1.82. The highest BCUT2D eigenvalue weighted by atomic mass is 16.4. The first kappa shape index (κ1) is 10.6. The van der Waals surface area contributed by atoms with Crippen molar-refractivity contribution in [2.24, 2.45) is 0 Å². The summed E-state index contributed by atoms with van der Waals surface area (Å²) in [6, 6.07) is 9.74. The molecule has 2 heterocycles. The van der Waals surface area contributed by atoms with Crippen molar-refractivity contribution in [3.05, 3.63) is 62.9 Å². The van der Waals surface area contributed by atoms with Gasteiger partial charge < -0.3 is 4.42 Å². The van der Waals surface area contributed by atoms with Gasteiger partial charge in [-0.15, -0.1) is 0 Å². The highest BCUT2D eigenvalue weighted by Crippen LogP contribution is 2.15. The number of aromatic amines is 1. The fourth-order valence-electron chi connectivity index (χ4n) is 1.90. The lowest BCUT2D eigenvalue weighted by molar-refractivity contribution is 0.561. The van der Waals surface area contributed by atoms with E-state index in [2.05, 4.69) is 5.10 Å². The minimum atomic E-state index is -0.386. The molecule has 3 rings (SSSR count). The predicted octanol–water partition coefficient (Wildman–Crippen LogP) is 1.58. The summed E-state index contributed by atoms with van der Waals surface area (Å²) in [5, 5.41) is 3.72. The van der Waals surface area contributed by atoms with E-state index in [4.69, 9.17) is 4.42 Å². The van der Waals surface area contributed by atoms with Crippen LogP contribution in [0.5, 0.6) is 0 Å². The number of nitrogens with zero attached hydrogens (tertiary/aromatic N) is 1. The molecule has 0 atom stereocenters. The van der Waals surface area contributed by atoms with Crippen LogP contribution >= 0.6 is 0 Å². The third-order valence-corrected chi connectivity index (χ3v) is 2.71. The topological polar surface area (TPSA) is 68.0 Å². The molecule has 0 bridgehead atoms. The molecular formula is C13H10N2O3. The van der Waals surface area contributed by atoms with Gasteiger partial charge in [0, 0.05) is 23.2 Å². The van der Waals surface area contributed by atoms with Crippen LogP contribution in [-0.2, 0) is 0 Å². The third-order valence-electron chi connectivity index (χ3n) is 2.71. The maximum Gasteiger partial charge on any atom is 0.336 e. The van der Waals surface area contributed by atoms with Crippen LogP contribution in [0.3, 0.4) is 0 Å². The Bertz CT molecular complexity index is 839. The van der Waals surface area contributed by atoms with Crippen LogP contribution in [0.2, 0.25) is 0 Å². The van der Waals surface area contributed by atoms with E-state index < -0.39 is 0 Å². The molecule has 2 aromatic heterocycles. The molecule has 18 heavy (non-hydrogen) atoms. The second-order valence-corrected chi connectivity index (χ2v) is 4.09. The molecule has 0 fully saturated rings. The summed E-state index contributed by atoms with van der Waals surface area (Å²) in [5.74, 6) is 0. The Hall–Kier alpha value is -2.56. The summed E-state index contributed by atoms with van der Waals surface area (Å²) in [6.07, 6.45) is 0. The van der Waals surface area contributed by atoms with Crippen molar-refractivity contribution in [1.82, 2.24) is 9.78 Å². The standard InChI is InChI=1S/C13H10N2O3/c1-8-6-12(16)15(14-8)10-3-4-11-9(7-10)2-5-13(17)18-11/h2-7,14H,1H3. The van der Waals surface area contributed by atoms with Gasteiger partial charge in [0.05, 0.1) is 5.69 Å². The van der Waals surface area contributed by atoms with Gasteiger partial charge in [-0.25, -0.2) is 9.48 Å². The van der Waals surface area contributed by atoms with E-state index in [0.29, 0.717) is 11.3 Å². The summed E-state index contributed by atoms with van der Waals surface area (Å²) < 4.78 is 6.48. The van der Waals surface area contributed by atoms with Crippen LogP contribution in [0.15, 0.2) is 50.4 Å². The van der Waals surface area contributed by atoms with Gasteiger partial charge in [0.1, 0.15) is 5.58 Å². The molecule has 90 valence electrons. The third kappa shape index (κ3) is 1.66. The number of rotatable bonds is 1. The lowest BCUT2D eigenvalue weighted by Gasteiger charge is -2.03. The van der Waals surface area contributed by atoms with E-state index in [9.17, 15) is 9.59 Å². The van der Waals surface area contributed by atoms with Gasteiger partial charge in [-0.05, 0) is 31.2 Å². The average molecular weight is 242 g/mol. The first-order valence-corrected chi connectivity index (χ1v) is 5.46. The predicted molar refractivity (Wildman–Crippen MR) is 67.2 cm³/mol. The second-order valence-electron chi connectivity index (χ2n) is 4.09. The minimum Gasteiger partial charge on any atom is -0.423 e. The number of hydrogen-bond acceptors (Lipinski definition) is 3. The van der Waals surface area contributed by atoms with Crippen molar-refractivity contribution in [1.29, 1.82) is 0 Å². The van der Waals surface area contributed by atoms with Crippen LogP contribution in [0.1, 0.15) is 5.69 Å². The quantitative estimate of drug-likeness (QED) is 0.659. The number of fused-ring (bicyclic) bond motifs is 1. The van der Waals surface area contributed by atoms with Crippen molar-refractivity contribution < 1.29 is 4.42 Å². The van der Waals surface area contributed by atoms with Gasteiger partial charge in [-0.2, -0.15) is 0 Å². The maximum atomic E-state index is 11.7. The number of hydrogen-bond donors (Lipinski definition) is 1. The van der Waals surface area contributed by atoms with E-state index >= 15 is 0 Å². The summed E-state index contributed by atoms with van der Waals surface area (Å²) in [5.41, 5.74) is 1.49. The normalized spacial score (nSPS) is 10.9. The zero-order chi connectivity index (χ0) is 12.7. The number of aromatic nitrogens is 2. The van der Waals surface area contributed by atoms with E-state index in [0.717, 1.165) is 11.1 Å². The van der Waals surface area contributed by atoms with Crippen LogP contribution in [0, 0.1) is 6.92 Å². The van der Waals surface area contributed by atoms with Crippen molar-refractivity contribution in [2.45, 2.75) is 6.92 Å². The van der Waals surface area contributed by atoms with E-state index in [1.165, 1.54) is 16.8 Å². The number of aryl methyl sites for hydroxylation is 1. The second kappa shape index (κ2) is 3.73. The number of benzene rings is 1. The molecule has 0 aliphatic heterocycles. The lowest BCUT2D eigenvalue weighted by atomic mass is 10.2. The molecule has 0 saturated carbocycles. The maximum absolute atomic E-state index is 11.7. The fraction of sp³-hybridized carbons (Fsp3) is 0.0769. The molecule has 0 unspecified atom stereocenters. The molecule has 0 saturated heterocycles. The van der Waals surface area contributed by atoms with Gasteiger partial charge in [0.25, 0.3) is 5.56 Å². The SMILES string of the molecule is Cc1cc(=O)n(-c2ccc3oc(=O)ccc3c2)[nH]1. The van der Waals surface area contributed by atoms with Gasteiger partial charge >= 0.3 is 5.63 Å². The highest BCUT2D eigenvalue weighted by molar-refractivity contribution is 5.78. The number of nitrogens with one attached hydrogen (secondary N) is 1. The summed E-state index contributed by atoms with van der Waals surface area (Å²) in [4.78, 5) is 22.8. The van der Waals surface area contributed by atoms with Crippen molar-refractivity contribution >= 4 is 11.0 Å². The Balaban J connectivity index is 2.25. The van der Waals surface area contributed by atoms with Crippen LogP contribution in [-0.4, -0.2) is 9.78 Å². The van der Waals surface area contributed by atoms with Crippen molar-refractivity contribution in [2.75, 3.05) is 0 Å². The van der Waals surface area contributed by atoms with E-state index in [1.54, 1.807) is 24.3 Å². The smallest absolute Gasteiger partial charge is 0.336 e. The Morgan fingerprint density at radius 3 is 2.67 bits per heavy atom. The van der Waals surface area contributed by atoms with Gasteiger partial charge in [0.2, 0.25) is 0 Å². The molecule has 0 amide bonds. The zero-order valence-electron chi connectivity index (χ0n) is 9.64. The molecule has 0 spiro atoms.